The van der Waals surface area contributed by atoms with Crippen LogP contribution in [0.1, 0.15) is 16.1 Å². The molecule has 2 heterocycles. The van der Waals surface area contributed by atoms with Gasteiger partial charge in [-0.05, 0) is 24.3 Å². The number of aromatic nitrogens is 2. The SMILES string of the molecule is NC(=O)c1ccc(-n2cccc2C(N)=S)nc1. The lowest BCUT2D eigenvalue weighted by Crippen LogP contribution is -2.15. The zero-order chi connectivity index (χ0) is 12.4. The zero-order valence-electron chi connectivity index (χ0n) is 8.83. The third kappa shape index (κ3) is 2.16. The molecular formula is C11H10N4OS. The lowest BCUT2D eigenvalue weighted by Gasteiger charge is -2.07. The number of amides is 1. The van der Waals surface area contributed by atoms with Crippen LogP contribution in [0, 0.1) is 0 Å². The number of nitrogens with zero attached hydrogens (tertiary/aromatic N) is 2. The molecule has 4 N–H and O–H groups in total. The fourth-order valence-electron chi connectivity index (χ4n) is 1.46. The van der Waals surface area contributed by atoms with Crippen molar-refractivity contribution < 1.29 is 4.79 Å². The third-order valence-corrected chi connectivity index (χ3v) is 2.49. The summed E-state index contributed by atoms with van der Waals surface area (Å²) in [6, 6.07) is 6.90. The monoisotopic (exact) mass is 246 g/mol. The summed E-state index contributed by atoms with van der Waals surface area (Å²) < 4.78 is 1.74. The van der Waals surface area contributed by atoms with Crippen LogP contribution in [0.4, 0.5) is 0 Å². The molecule has 0 spiro atoms. The molecule has 6 heteroatoms. The number of primary amides is 1. The first kappa shape index (κ1) is 11.3. The van der Waals surface area contributed by atoms with Crippen molar-refractivity contribution in [2.45, 2.75) is 0 Å². The van der Waals surface area contributed by atoms with E-state index in [0.29, 0.717) is 17.1 Å². The van der Waals surface area contributed by atoms with Gasteiger partial charge in [-0.25, -0.2) is 4.98 Å². The fourth-order valence-corrected chi connectivity index (χ4v) is 1.62. The number of rotatable bonds is 3. The third-order valence-electron chi connectivity index (χ3n) is 2.28. The van der Waals surface area contributed by atoms with Gasteiger partial charge in [-0.3, -0.25) is 9.36 Å². The van der Waals surface area contributed by atoms with Crippen LogP contribution in [-0.2, 0) is 0 Å². The molecule has 0 bridgehead atoms. The minimum atomic E-state index is -0.508. The molecule has 86 valence electrons. The predicted molar refractivity (Wildman–Crippen MR) is 68.0 cm³/mol. The molecular weight excluding hydrogens is 236 g/mol. The van der Waals surface area contributed by atoms with Crippen molar-refractivity contribution in [3.8, 4) is 5.82 Å². The summed E-state index contributed by atoms with van der Waals surface area (Å²) in [5, 5.41) is 0. The lowest BCUT2D eigenvalue weighted by atomic mass is 10.3. The summed E-state index contributed by atoms with van der Waals surface area (Å²) in [5.41, 5.74) is 11.8. The first-order valence-electron chi connectivity index (χ1n) is 4.83. The predicted octanol–water partition coefficient (Wildman–Crippen LogP) is 0.605. The van der Waals surface area contributed by atoms with Gasteiger partial charge in [0, 0.05) is 12.4 Å². The van der Waals surface area contributed by atoms with Crippen LogP contribution >= 0.6 is 12.2 Å². The number of nitrogens with two attached hydrogens (primary N) is 2. The van der Waals surface area contributed by atoms with E-state index in [4.69, 9.17) is 23.7 Å². The highest BCUT2D eigenvalue weighted by Gasteiger charge is 2.07. The summed E-state index contributed by atoms with van der Waals surface area (Å²) in [6.45, 7) is 0. The van der Waals surface area contributed by atoms with E-state index in [1.165, 1.54) is 6.20 Å². The molecule has 0 fully saturated rings. The summed E-state index contributed by atoms with van der Waals surface area (Å²) >= 11 is 4.93. The van der Waals surface area contributed by atoms with Crippen molar-refractivity contribution in [1.29, 1.82) is 0 Å². The molecule has 0 atom stereocenters. The zero-order valence-corrected chi connectivity index (χ0v) is 9.65. The van der Waals surface area contributed by atoms with E-state index in [0.717, 1.165) is 0 Å². The highest BCUT2D eigenvalue weighted by atomic mass is 32.1. The van der Waals surface area contributed by atoms with E-state index in [2.05, 4.69) is 4.98 Å². The Morgan fingerprint density at radius 1 is 1.29 bits per heavy atom. The molecule has 0 aliphatic carbocycles. The molecule has 0 unspecified atom stereocenters. The molecule has 0 aliphatic rings. The van der Waals surface area contributed by atoms with E-state index in [1.807, 2.05) is 6.07 Å². The normalized spacial score (nSPS) is 10.1. The van der Waals surface area contributed by atoms with Gasteiger partial charge in [0.25, 0.3) is 0 Å². The van der Waals surface area contributed by atoms with Gasteiger partial charge in [-0.2, -0.15) is 0 Å². The average molecular weight is 246 g/mol. The Morgan fingerprint density at radius 3 is 2.59 bits per heavy atom. The van der Waals surface area contributed by atoms with Crippen LogP contribution < -0.4 is 11.5 Å². The number of hydrogen-bond acceptors (Lipinski definition) is 3. The van der Waals surface area contributed by atoms with Gasteiger partial charge < -0.3 is 11.5 Å². The smallest absolute Gasteiger partial charge is 0.250 e. The Balaban J connectivity index is 2.43. The molecule has 17 heavy (non-hydrogen) atoms. The van der Waals surface area contributed by atoms with Gasteiger partial charge in [-0.15, -0.1) is 0 Å². The molecule has 0 saturated carbocycles. The second-order valence-electron chi connectivity index (χ2n) is 3.40. The van der Waals surface area contributed by atoms with E-state index in [-0.39, 0.29) is 4.99 Å². The Kier molecular flexibility index (Phi) is 2.88. The summed E-state index contributed by atoms with van der Waals surface area (Å²) in [6.07, 6.45) is 3.21. The standard InChI is InChI=1S/C11H10N4OS/c12-10(16)7-3-4-9(14-6-7)15-5-1-2-8(15)11(13)17/h1-6H,(H2,12,16)(H2,13,17). The molecule has 2 aromatic heterocycles. The lowest BCUT2D eigenvalue weighted by molar-refractivity contribution is 0.1000. The molecule has 0 aliphatic heterocycles. The molecule has 0 aromatic carbocycles. The second kappa shape index (κ2) is 4.34. The van der Waals surface area contributed by atoms with Crippen LogP contribution in [0.5, 0.6) is 0 Å². The number of thiocarbonyl (C=S) groups is 1. The first-order chi connectivity index (χ1) is 8.09. The summed E-state index contributed by atoms with van der Waals surface area (Å²) in [5.74, 6) is 0.119. The topological polar surface area (TPSA) is 86.9 Å². The first-order valence-corrected chi connectivity index (χ1v) is 5.24. The van der Waals surface area contributed by atoms with Gasteiger partial charge in [-0.1, -0.05) is 12.2 Å². The highest BCUT2D eigenvalue weighted by molar-refractivity contribution is 7.80. The Bertz CT molecular complexity index is 573. The summed E-state index contributed by atoms with van der Waals surface area (Å²) in [7, 11) is 0. The van der Waals surface area contributed by atoms with Crippen LogP contribution in [0.15, 0.2) is 36.7 Å². The van der Waals surface area contributed by atoms with E-state index < -0.39 is 5.91 Å². The van der Waals surface area contributed by atoms with E-state index >= 15 is 0 Å². The van der Waals surface area contributed by atoms with Gasteiger partial charge >= 0.3 is 0 Å². The minimum absolute atomic E-state index is 0.288. The van der Waals surface area contributed by atoms with Gasteiger partial charge in [0.05, 0.1) is 11.3 Å². The number of carbonyl (C=O) groups excluding carboxylic acids is 1. The Hall–Kier alpha value is -2.21. The van der Waals surface area contributed by atoms with Crippen molar-refractivity contribution in [1.82, 2.24) is 9.55 Å². The summed E-state index contributed by atoms with van der Waals surface area (Å²) in [4.78, 5) is 15.3. The average Bonchev–Trinajstić information content (AvgIpc) is 2.78. The van der Waals surface area contributed by atoms with Crippen molar-refractivity contribution in [2.24, 2.45) is 11.5 Å². The molecule has 0 radical (unpaired) electrons. The molecule has 0 saturated heterocycles. The maximum Gasteiger partial charge on any atom is 0.250 e. The van der Waals surface area contributed by atoms with Crippen LogP contribution in [-0.4, -0.2) is 20.4 Å². The van der Waals surface area contributed by atoms with Crippen molar-refractivity contribution in [3.05, 3.63) is 47.9 Å². The quantitative estimate of drug-likeness (QED) is 0.777. The molecule has 2 aromatic rings. The molecule has 1 amide bonds. The maximum atomic E-state index is 10.9. The van der Waals surface area contributed by atoms with Gasteiger partial charge in [0.1, 0.15) is 10.8 Å². The van der Waals surface area contributed by atoms with Crippen molar-refractivity contribution in [3.63, 3.8) is 0 Å². The van der Waals surface area contributed by atoms with Gasteiger partial charge in [0.2, 0.25) is 5.91 Å². The Morgan fingerprint density at radius 2 is 2.06 bits per heavy atom. The van der Waals surface area contributed by atoms with Gasteiger partial charge in [0.15, 0.2) is 0 Å². The minimum Gasteiger partial charge on any atom is -0.388 e. The largest absolute Gasteiger partial charge is 0.388 e. The second-order valence-corrected chi connectivity index (χ2v) is 3.84. The van der Waals surface area contributed by atoms with Crippen LogP contribution in [0.2, 0.25) is 0 Å². The number of pyridine rings is 1. The van der Waals surface area contributed by atoms with E-state index in [1.54, 1.807) is 29.0 Å². The van der Waals surface area contributed by atoms with Crippen molar-refractivity contribution >= 4 is 23.1 Å². The highest BCUT2D eigenvalue weighted by Crippen LogP contribution is 2.11. The maximum absolute atomic E-state index is 10.9. The molecule has 5 nitrogen and oxygen atoms in total. The number of carbonyl (C=O) groups is 1. The van der Waals surface area contributed by atoms with Crippen molar-refractivity contribution in [2.75, 3.05) is 0 Å². The number of hydrogen-bond donors (Lipinski definition) is 2. The Labute approximate surface area is 103 Å². The fraction of sp³-hybridized carbons (Fsp3) is 0. The van der Waals surface area contributed by atoms with E-state index in [9.17, 15) is 4.79 Å². The van der Waals surface area contributed by atoms with Crippen LogP contribution in [0.25, 0.3) is 5.82 Å². The molecule has 2 rings (SSSR count). The van der Waals surface area contributed by atoms with Crippen LogP contribution in [0.3, 0.4) is 0 Å².